The van der Waals surface area contributed by atoms with Gasteiger partial charge in [0.1, 0.15) is 0 Å². The van der Waals surface area contributed by atoms with Gasteiger partial charge in [0.25, 0.3) is 0 Å². The first-order valence-corrected chi connectivity index (χ1v) is 16.9. The Morgan fingerprint density at radius 3 is 2.09 bits per heavy atom. The van der Waals surface area contributed by atoms with Crippen LogP contribution >= 0.6 is 11.3 Å². The zero-order valence-corrected chi connectivity index (χ0v) is 26.8. The third kappa shape index (κ3) is 3.73. The fourth-order valence-electron chi connectivity index (χ4n) is 7.85. The molecule has 10 rings (SSSR count). The SMILES string of the molecule is CC1(C)c2ccccc2-c2nc(-c3ccccc3-n3c4ccccc4c4cc5c(cc43)sc3ccccc35)nc(-c3ccccc3)c21. The fraction of sp³-hybridized carbons (Fsp3) is 0.0698. The molecular formula is C43H29N3S. The minimum absolute atomic E-state index is 0.225. The van der Waals surface area contributed by atoms with E-state index in [4.69, 9.17) is 9.97 Å². The lowest BCUT2D eigenvalue weighted by molar-refractivity contribution is 0.658. The highest BCUT2D eigenvalue weighted by atomic mass is 32.1. The van der Waals surface area contributed by atoms with Crippen LogP contribution in [0.25, 0.3) is 81.6 Å². The second-order valence-corrected chi connectivity index (χ2v) is 14.1. The van der Waals surface area contributed by atoms with Crippen molar-refractivity contribution in [1.29, 1.82) is 0 Å². The molecule has 0 spiro atoms. The lowest BCUT2D eigenvalue weighted by Crippen LogP contribution is -2.17. The minimum Gasteiger partial charge on any atom is -0.308 e. The molecule has 0 unspecified atom stereocenters. The van der Waals surface area contributed by atoms with Crippen LogP contribution in [0.4, 0.5) is 0 Å². The number of benzene rings is 6. The molecule has 0 atom stereocenters. The van der Waals surface area contributed by atoms with E-state index in [9.17, 15) is 0 Å². The molecule has 9 aromatic rings. The number of hydrogen-bond donors (Lipinski definition) is 0. The number of thiophene rings is 1. The molecule has 1 aliphatic carbocycles. The molecule has 3 heterocycles. The first kappa shape index (κ1) is 26.6. The zero-order chi connectivity index (χ0) is 31.3. The predicted molar refractivity (Wildman–Crippen MR) is 198 cm³/mol. The van der Waals surface area contributed by atoms with Crippen molar-refractivity contribution in [3.63, 3.8) is 0 Å². The van der Waals surface area contributed by atoms with Crippen molar-refractivity contribution in [2.75, 3.05) is 0 Å². The molecule has 6 aromatic carbocycles. The van der Waals surface area contributed by atoms with E-state index in [0.29, 0.717) is 0 Å². The van der Waals surface area contributed by atoms with Crippen LogP contribution in [-0.2, 0) is 5.41 Å². The molecule has 3 nitrogen and oxygen atoms in total. The number of fused-ring (bicyclic) bond motifs is 9. The minimum atomic E-state index is -0.225. The summed E-state index contributed by atoms with van der Waals surface area (Å²) in [6.07, 6.45) is 0. The van der Waals surface area contributed by atoms with E-state index in [-0.39, 0.29) is 5.41 Å². The van der Waals surface area contributed by atoms with Crippen LogP contribution in [0.5, 0.6) is 0 Å². The number of para-hydroxylation sites is 2. The van der Waals surface area contributed by atoms with Gasteiger partial charge in [0, 0.05) is 58.6 Å². The molecule has 1 aliphatic rings. The second kappa shape index (κ2) is 9.71. The summed E-state index contributed by atoms with van der Waals surface area (Å²) >= 11 is 1.86. The van der Waals surface area contributed by atoms with Gasteiger partial charge in [0.15, 0.2) is 5.82 Å². The van der Waals surface area contributed by atoms with Crippen LogP contribution in [0.3, 0.4) is 0 Å². The van der Waals surface area contributed by atoms with Gasteiger partial charge < -0.3 is 4.57 Å². The Hall–Kier alpha value is -5.58. The average molecular weight is 620 g/mol. The van der Waals surface area contributed by atoms with E-state index in [0.717, 1.165) is 34.0 Å². The van der Waals surface area contributed by atoms with E-state index in [2.05, 4.69) is 158 Å². The number of aromatic nitrogens is 3. The summed E-state index contributed by atoms with van der Waals surface area (Å²) in [5.74, 6) is 0.736. The summed E-state index contributed by atoms with van der Waals surface area (Å²) in [6.45, 7) is 4.60. The van der Waals surface area contributed by atoms with Crippen molar-refractivity contribution in [2.24, 2.45) is 0 Å². The topological polar surface area (TPSA) is 30.7 Å². The lowest BCUT2D eigenvalue weighted by atomic mass is 9.81. The first-order valence-electron chi connectivity index (χ1n) is 16.1. The molecule has 0 aliphatic heterocycles. The van der Waals surface area contributed by atoms with Crippen molar-refractivity contribution >= 4 is 53.3 Å². The molecule has 0 fully saturated rings. The molecular weight excluding hydrogens is 591 g/mol. The summed E-state index contributed by atoms with van der Waals surface area (Å²) in [5.41, 5.74) is 11.0. The van der Waals surface area contributed by atoms with Gasteiger partial charge in [-0.25, -0.2) is 9.97 Å². The van der Waals surface area contributed by atoms with E-state index in [1.807, 2.05) is 11.3 Å². The summed E-state index contributed by atoms with van der Waals surface area (Å²) < 4.78 is 5.02. The molecule has 0 radical (unpaired) electrons. The summed E-state index contributed by atoms with van der Waals surface area (Å²) in [5, 5.41) is 5.12. The monoisotopic (exact) mass is 619 g/mol. The van der Waals surface area contributed by atoms with Crippen molar-refractivity contribution < 1.29 is 0 Å². The second-order valence-electron chi connectivity index (χ2n) is 13.0. The number of rotatable bonds is 3. The van der Waals surface area contributed by atoms with Gasteiger partial charge >= 0.3 is 0 Å². The maximum Gasteiger partial charge on any atom is 0.162 e. The smallest absolute Gasteiger partial charge is 0.162 e. The molecule has 0 bridgehead atoms. The van der Waals surface area contributed by atoms with Crippen LogP contribution < -0.4 is 0 Å². The van der Waals surface area contributed by atoms with Gasteiger partial charge in [-0.2, -0.15) is 0 Å². The van der Waals surface area contributed by atoms with Crippen molar-refractivity contribution in [1.82, 2.24) is 14.5 Å². The number of hydrogen-bond acceptors (Lipinski definition) is 3. The van der Waals surface area contributed by atoms with E-state index < -0.39 is 0 Å². The van der Waals surface area contributed by atoms with Gasteiger partial charge in [0.2, 0.25) is 0 Å². The summed E-state index contributed by atoms with van der Waals surface area (Å²) in [6, 6.07) is 50.2. The highest BCUT2D eigenvalue weighted by Gasteiger charge is 2.40. The third-order valence-electron chi connectivity index (χ3n) is 9.99. The number of nitrogens with zero attached hydrogens (tertiary/aromatic N) is 3. The average Bonchev–Trinajstić information content (AvgIpc) is 3.72. The Morgan fingerprint density at radius 2 is 1.21 bits per heavy atom. The maximum absolute atomic E-state index is 5.45. The van der Waals surface area contributed by atoms with Crippen LogP contribution in [0.1, 0.15) is 25.0 Å². The Bertz CT molecular complexity index is 2710. The van der Waals surface area contributed by atoms with Gasteiger partial charge in [-0.15, -0.1) is 11.3 Å². The largest absolute Gasteiger partial charge is 0.308 e. The zero-order valence-electron chi connectivity index (χ0n) is 26.0. The molecule has 0 saturated heterocycles. The molecule has 47 heavy (non-hydrogen) atoms. The van der Waals surface area contributed by atoms with Crippen molar-refractivity contribution in [2.45, 2.75) is 19.3 Å². The Morgan fingerprint density at radius 1 is 0.532 bits per heavy atom. The van der Waals surface area contributed by atoms with Crippen LogP contribution in [-0.4, -0.2) is 14.5 Å². The van der Waals surface area contributed by atoms with E-state index in [1.165, 1.54) is 58.7 Å². The van der Waals surface area contributed by atoms with Gasteiger partial charge in [-0.3, -0.25) is 0 Å². The molecule has 0 N–H and O–H groups in total. The van der Waals surface area contributed by atoms with E-state index >= 15 is 0 Å². The van der Waals surface area contributed by atoms with Gasteiger partial charge in [0.05, 0.1) is 28.1 Å². The summed E-state index contributed by atoms with van der Waals surface area (Å²) in [4.78, 5) is 10.9. The predicted octanol–water partition coefficient (Wildman–Crippen LogP) is 11.6. The normalized spacial score (nSPS) is 13.5. The van der Waals surface area contributed by atoms with Crippen LogP contribution in [0.2, 0.25) is 0 Å². The molecule has 3 aromatic heterocycles. The first-order chi connectivity index (χ1) is 23.1. The quantitative estimate of drug-likeness (QED) is 0.197. The standard InChI is InChI=1S/C43H29N3S/c1-43(2)33-20-10-6-18-29(33)41-39(43)40(26-14-4-3-5-15-26)44-42(45-41)30-19-8-12-22-35(30)46-34-21-11-7-16-27(34)31-24-32-28-17-9-13-23-37(28)47-38(32)25-36(31)46/h3-25H,1-2H3. The van der Waals surface area contributed by atoms with Crippen LogP contribution in [0.15, 0.2) is 140 Å². The van der Waals surface area contributed by atoms with Gasteiger partial charge in [-0.05, 0) is 42.0 Å². The van der Waals surface area contributed by atoms with Crippen LogP contribution in [0, 0.1) is 0 Å². The molecule has 222 valence electrons. The highest BCUT2D eigenvalue weighted by molar-refractivity contribution is 7.25. The molecule has 0 saturated carbocycles. The summed E-state index contributed by atoms with van der Waals surface area (Å²) in [7, 11) is 0. The van der Waals surface area contributed by atoms with Crippen molar-refractivity contribution in [3.8, 4) is 39.6 Å². The van der Waals surface area contributed by atoms with Gasteiger partial charge in [-0.1, -0.05) is 117 Å². The highest BCUT2D eigenvalue weighted by Crippen LogP contribution is 2.51. The third-order valence-corrected chi connectivity index (χ3v) is 11.1. The lowest BCUT2D eigenvalue weighted by Gasteiger charge is -2.24. The fourth-order valence-corrected chi connectivity index (χ4v) is 8.97. The Labute approximate surface area is 276 Å². The maximum atomic E-state index is 5.45. The Balaban J connectivity index is 1.29. The van der Waals surface area contributed by atoms with Crippen molar-refractivity contribution in [3.05, 3.63) is 151 Å². The van der Waals surface area contributed by atoms with E-state index in [1.54, 1.807) is 0 Å². The molecule has 0 amide bonds. The molecule has 4 heteroatoms. The Kier molecular flexibility index (Phi) is 5.50.